The van der Waals surface area contributed by atoms with Gasteiger partial charge in [-0.15, -0.1) is 0 Å². The number of anilines is 1. The highest BCUT2D eigenvalue weighted by atomic mass is 16.7. The van der Waals surface area contributed by atoms with Gasteiger partial charge in [0.05, 0.1) is 0 Å². The SMILES string of the molecule is Cc1nccn1-c1cccc(NC=C2C(=O)OC(C)(C)OC2=O)c1. The fourth-order valence-corrected chi connectivity index (χ4v) is 2.33. The van der Waals surface area contributed by atoms with Gasteiger partial charge in [-0.1, -0.05) is 6.07 Å². The Morgan fingerprint density at radius 1 is 1.21 bits per heavy atom. The fraction of sp³-hybridized carbons (Fsp3) is 0.235. The summed E-state index contributed by atoms with van der Waals surface area (Å²) < 4.78 is 12.0. The Morgan fingerprint density at radius 2 is 1.92 bits per heavy atom. The molecule has 1 saturated heterocycles. The van der Waals surface area contributed by atoms with E-state index in [2.05, 4.69) is 10.3 Å². The van der Waals surface area contributed by atoms with Crippen molar-refractivity contribution in [3.63, 3.8) is 0 Å². The number of nitrogens with one attached hydrogen (secondary N) is 1. The summed E-state index contributed by atoms with van der Waals surface area (Å²) in [6.07, 6.45) is 4.86. The van der Waals surface area contributed by atoms with Crippen molar-refractivity contribution >= 4 is 17.6 Å². The number of esters is 2. The fourth-order valence-electron chi connectivity index (χ4n) is 2.33. The largest absolute Gasteiger partial charge is 0.419 e. The van der Waals surface area contributed by atoms with E-state index in [1.165, 1.54) is 20.0 Å². The summed E-state index contributed by atoms with van der Waals surface area (Å²) >= 11 is 0. The quantitative estimate of drug-likeness (QED) is 0.529. The summed E-state index contributed by atoms with van der Waals surface area (Å²) in [4.78, 5) is 28.0. The normalized spacial score (nSPS) is 16.4. The van der Waals surface area contributed by atoms with E-state index >= 15 is 0 Å². The van der Waals surface area contributed by atoms with Gasteiger partial charge in [0.25, 0.3) is 5.79 Å². The standard InChI is InChI=1S/C17H17N3O4/c1-11-18-7-8-20(11)13-6-4-5-12(9-13)19-10-14-15(21)23-17(2,3)24-16(14)22/h4-10,19H,1-3H3. The highest BCUT2D eigenvalue weighted by Crippen LogP contribution is 2.23. The number of aromatic nitrogens is 2. The maximum atomic E-state index is 11.9. The first-order valence-electron chi connectivity index (χ1n) is 7.39. The second-order valence-corrected chi connectivity index (χ2v) is 5.78. The minimum absolute atomic E-state index is 0.182. The maximum absolute atomic E-state index is 11.9. The molecule has 7 nitrogen and oxygen atoms in total. The third-order valence-corrected chi connectivity index (χ3v) is 3.45. The minimum Gasteiger partial charge on any atom is -0.419 e. The van der Waals surface area contributed by atoms with Crippen LogP contribution in [0.5, 0.6) is 0 Å². The molecule has 1 aromatic heterocycles. The molecule has 0 saturated carbocycles. The number of rotatable bonds is 3. The van der Waals surface area contributed by atoms with E-state index < -0.39 is 17.7 Å². The van der Waals surface area contributed by atoms with Crippen LogP contribution in [-0.2, 0) is 19.1 Å². The Bertz CT molecular complexity index is 814. The van der Waals surface area contributed by atoms with Crippen molar-refractivity contribution in [2.24, 2.45) is 0 Å². The van der Waals surface area contributed by atoms with Crippen LogP contribution >= 0.6 is 0 Å². The lowest BCUT2D eigenvalue weighted by Crippen LogP contribution is -2.42. The average molecular weight is 327 g/mol. The van der Waals surface area contributed by atoms with Gasteiger partial charge < -0.3 is 19.4 Å². The van der Waals surface area contributed by atoms with Crippen molar-refractivity contribution in [2.75, 3.05) is 5.32 Å². The monoisotopic (exact) mass is 327 g/mol. The molecule has 3 rings (SSSR count). The van der Waals surface area contributed by atoms with Crippen molar-refractivity contribution in [2.45, 2.75) is 26.6 Å². The lowest BCUT2D eigenvalue weighted by atomic mass is 10.2. The predicted molar refractivity (Wildman–Crippen MR) is 86.3 cm³/mol. The second kappa shape index (κ2) is 5.84. The zero-order valence-electron chi connectivity index (χ0n) is 13.6. The van der Waals surface area contributed by atoms with Crippen LogP contribution in [0.2, 0.25) is 0 Å². The third-order valence-electron chi connectivity index (χ3n) is 3.45. The molecule has 0 atom stereocenters. The molecule has 124 valence electrons. The molecule has 2 aromatic rings. The highest BCUT2D eigenvalue weighted by molar-refractivity contribution is 6.15. The summed E-state index contributed by atoms with van der Waals surface area (Å²) in [7, 11) is 0. The lowest BCUT2D eigenvalue weighted by Gasteiger charge is -2.29. The first kappa shape index (κ1) is 15.8. The van der Waals surface area contributed by atoms with E-state index in [0.29, 0.717) is 5.69 Å². The van der Waals surface area contributed by atoms with Crippen LogP contribution in [0, 0.1) is 6.92 Å². The van der Waals surface area contributed by atoms with Crippen LogP contribution in [0.1, 0.15) is 19.7 Å². The summed E-state index contributed by atoms with van der Waals surface area (Å²) in [6, 6.07) is 7.47. The summed E-state index contributed by atoms with van der Waals surface area (Å²) in [5, 5.41) is 2.93. The maximum Gasteiger partial charge on any atom is 0.350 e. The predicted octanol–water partition coefficient (Wildman–Crippen LogP) is 2.31. The third kappa shape index (κ3) is 3.15. The zero-order chi connectivity index (χ0) is 17.3. The minimum atomic E-state index is -1.25. The Kier molecular flexibility index (Phi) is 3.84. The Labute approximate surface area is 138 Å². The molecule has 2 heterocycles. The number of carbonyl (C=O) groups is 2. The molecule has 0 aliphatic carbocycles. The lowest BCUT2D eigenvalue weighted by molar-refractivity contribution is -0.222. The van der Waals surface area contributed by atoms with Crippen molar-refractivity contribution in [1.29, 1.82) is 0 Å². The van der Waals surface area contributed by atoms with Gasteiger partial charge in [-0.2, -0.15) is 0 Å². The second-order valence-electron chi connectivity index (χ2n) is 5.78. The number of hydrogen-bond acceptors (Lipinski definition) is 6. The molecular formula is C17H17N3O4. The molecule has 0 radical (unpaired) electrons. The molecule has 1 aliphatic rings. The van der Waals surface area contributed by atoms with Gasteiger partial charge in [0, 0.05) is 43.8 Å². The van der Waals surface area contributed by atoms with Gasteiger partial charge in [0.15, 0.2) is 5.57 Å². The molecule has 1 fully saturated rings. The van der Waals surface area contributed by atoms with Gasteiger partial charge in [-0.05, 0) is 25.1 Å². The molecule has 0 amide bonds. The highest BCUT2D eigenvalue weighted by Gasteiger charge is 2.38. The van der Waals surface area contributed by atoms with Crippen LogP contribution < -0.4 is 5.32 Å². The van der Waals surface area contributed by atoms with Crippen molar-refractivity contribution < 1.29 is 19.1 Å². The van der Waals surface area contributed by atoms with Crippen molar-refractivity contribution in [3.8, 4) is 5.69 Å². The number of benzene rings is 1. The molecule has 0 unspecified atom stereocenters. The Hall–Kier alpha value is -3.09. The molecule has 24 heavy (non-hydrogen) atoms. The van der Waals surface area contributed by atoms with Crippen LogP contribution in [-0.4, -0.2) is 27.3 Å². The van der Waals surface area contributed by atoms with Gasteiger partial charge in [0.2, 0.25) is 0 Å². The van der Waals surface area contributed by atoms with E-state index in [1.54, 1.807) is 6.20 Å². The van der Waals surface area contributed by atoms with Gasteiger partial charge in [-0.3, -0.25) is 0 Å². The first-order valence-corrected chi connectivity index (χ1v) is 7.39. The average Bonchev–Trinajstić information content (AvgIpc) is 2.91. The summed E-state index contributed by atoms with van der Waals surface area (Å²) in [5.41, 5.74) is 1.43. The van der Waals surface area contributed by atoms with E-state index in [4.69, 9.17) is 9.47 Å². The first-order chi connectivity index (χ1) is 11.4. The molecule has 0 spiro atoms. The number of ether oxygens (including phenoxy) is 2. The molecule has 0 bridgehead atoms. The number of hydrogen-bond donors (Lipinski definition) is 1. The number of cyclic esters (lactones) is 2. The number of nitrogens with zero attached hydrogens (tertiary/aromatic N) is 2. The number of imidazole rings is 1. The van der Waals surface area contributed by atoms with Crippen molar-refractivity contribution in [3.05, 3.63) is 54.3 Å². The van der Waals surface area contributed by atoms with Crippen LogP contribution in [0.15, 0.2) is 48.4 Å². The summed E-state index contributed by atoms with van der Waals surface area (Å²) in [5.74, 6) is -1.83. The van der Waals surface area contributed by atoms with Crippen LogP contribution in [0.25, 0.3) is 5.69 Å². The summed E-state index contributed by atoms with van der Waals surface area (Å²) in [6.45, 7) is 4.91. The van der Waals surface area contributed by atoms with Gasteiger partial charge in [0.1, 0.15) is 5.82 Å². The van der Waals surface area contributed by atoms with Gasteiger partial charge >= 0.3 is 11.9 Å². The number of aryl methyl sites for hydroxylation is 1. The number of carbonyl (C=O) groups excluding carboxylic acids is 2. The molecular weight excluding hydrogens is 310 g/mol. The van der Waals surface area contributed by atoms with Crippen LogP contribution in [0.3, 0.4) is 0 Å². The van der Waals surface area contributed by atoms with E-state index in [0.717, 1.165) is 11.5 Å². The zero-order valence-corrected chi connectivity index (χ0v) is 13.6. The topological polar surface area (TPSA) is 82.5 Å². The Balaban J connectivity index is 1.81. The molecule has 7 heteroatoms. The molecule has 1 N–H and O–H groups in total. The van der Waals surface area contributed by atoms with E-state index in [9.17, 15) is 9.59 Å². The van der Waals surface area contributed by atoms with E-state index in [-0.39, 0.29) is 5.57 Å². The van der Waals surface area contributed by atoms with Crippen molar-refractivity contribution in [1.82, 2.24) is 9.55 Å². The molecule has 1 aromatic carbocycles. The van der Waals surface area contributed by atoms with Gasteiger partial charge in [-0.25, -0.2) is 14.6 Å². The van der Waals surface area contributed by atoms with Crippen LogP contribution in [0.4, 0.5) is 5.69 Å². The smallest absolute Gasteiger partial charge is 0.350 e. The molecule has 1 aliphatic heterocycles. The van der Waals surface area contributed by atoms with E-state index in [1.807, 2.05) is 42.0 Å². The Morgan fingerprint density at radius 3 is 2.54 bits per heavy atom.